The lowest BCUT2D eigenvalue weighted by Gasteiger charge is -2.27. The van der Waals surface area contributed by atoms with Crippen molar-refractivity contribution in [3.05, 3.63) is 63.6 Å². The quantitative estimate of drug-likeness (QED) is 0.834. The van der Waals surface area contributed by atoms with Gasteiger partial charge in [0.2, 0.25) is 0 Å². The molecule has 1 aliphatic rings. The average molecular weight is 366 g/mol. The summed E-state index contributed by atoms with van der Waals surface area (Å²) in [5.41, 5.74) is 2.56. The second-order valence-corrected chi connectivity index (χ2v) is 6.58. The zero-order valence-corrected chi connectivity index (χ0v) is 14.1. The molecule has 0 spiro atoms. The van der Waals surface area contributed by atoms with Crippen molar-refractivity contribution in [2.24, 2.45) is 0 Å². The van der Waals surface area contributed by atoms with Crippen LogP contribution in [0.5, 0.6) is 0 Å². The Morgan fingerprint density at radius 1 is 1.14 bits per heavy atom. The Balaban J connectivity index is 1.83. The third-order valence-electron chi connectivity index (χ3n) is 3.87. The molecule has 21 heavy (non-hydrogen) atoms. The molecule has 110 valence electrons. The van der Waals surface area contributed by atoms with Gasteiger partial charge in [-0.05, 0) is 52.7 Å². The van der Waals surface area contributed by atoms with Gasteiger partial charge in [-0.25, -0.2) is 0 Å². The summed E-state index contributed by atoms with van der Waals surface area (Å²) < 4.78 is 0.954. The van der Waals surface area contributed by atoms with Crippen LogP contribution in [0.2, 0.25) is 5.02 Å². The molecule has 0 bridgehead atoms. The van der Waals surface area contributed by atoms with Crippen LogP contribution in [0.25, 0.3) is 0 Å². The van der Waals surface area contributed by atoms with Gasteiger partial charge in [0, 0.05) is 29.3 Å². The topological polar surface area (TPSA) is 15.3 Å². The Kier molecular flexibility index (Phi) is 4.84. The van der Waals surface area contributed by atoms with Crippen molar-refractivity contribution in [3.8, 4) is 0 Å². The van der Waals surface area contributed by atoms with Crippen LogP contribution in [0.1, 0.15) is 18.0 Å². The highest BCUT2D eigenvalue weighted by Gasteiger charge is 2.19. The van der Waals surface area contributed by atoms with E-state index in [0.717, 1.165) is 35.6 Å². The van der Waals surface area contributed by atoms with Gasteiger partial charge in [-0.1, -0.05) is 41.9 Å². The van der Waals surface area contributed by atoms with Crippen LogP contribution in [0.15, 0.2) is 53.0 Å². The highest BCUT2D eigenvalue weighted by Crippen LogP contribution is 2.29. The normalized spacial score (nSPS) is 19.3. The van der Waals surface area contributed by atoms with E-state index in [4.69, 9.17) is 11.6 Å². The Morgan fingerprint density at radius 2 is 1.95 bits per heavy atom. The molecule has 4 heteroatoms. The first-order chi connectivity index (χ1) is 10.2. The lowest BCUT2D eigenvalue weighted by atomic mass is 10.1. The summed E-state index contributed by atoms with van der Waals surface area (Å²) >= 11 is 9.62. The number of benzene rings is 2. The van der Waals surface area contributed by atoms with E-state index in [1.54, 1.807) is 0 Å². The van der Waals surface area contributed by atoms with E-state index in [-0.39, 0.29) is 0 Å². The molecule has 1 atom stereocenters. The van der Waals surface area contributed by atoms with Crippen molar-refractivity contribution in [1.82, 2.24) is 5.32 Å². The van der Waals surface area contributed by atoms with Crippen LogP contribution in [0, 0.1) is 0 Å². The van der Waals surface area contributed by atoms with Crippen LogP contribution in [-0.4, -0.2) is 19.6 Å². The lowest BCUT2D eigenvalue weighted by molar-refractivity contribution is 0.570. The van der Waals surface area contributed by atoms with Crippen molar-refractivity contribution in [1.29, 1.82) is 0 Å². The zero-order chi connectivity index (χ0) is 14.7. The Labute approximate surface area is 139 Å². The fraction of sp³-hybridized carbons (Fsp3) is 0.294. The lowest BCUT2D eigenvalue weighted by Crippen LogP contribution is -2.31. The van der Waals surface area contributed by atoms with Crippen LogP contribution in [0.3, 0.4) is 0 Å². The third-order valence-corrected chi connectivity index (χ3v) is 5.08. The zero-order valence-electron chi connectivity index (χ0n) is 11.7. The fourth-order valence-electron chi connectivity index (χ4n) is 2.75. The molecule has 2 aromatic rings. The molecule has 1 aliphatic heterocycles. The smallest absolute Gasteiger partial charge is 0.0549 e. The van der Waals surface area contributed by atoms with Crippen LogP contribution < -0.4 is 10.2 Å². The number of hydrogen-bond donors (Lipinski definition) is 1. The Bertz CT molecular complexity index is 603. The van der Waals surface area contributed by atoms with Gasteiger partial charge in [-0.15, -0.1) is 0 Å². The number of rotatable bonds is 2. The summed E-state index contributed by atoms with van der Waals surface area (Å²) in [6.07, 6.45) is 1.14. The van der Waals surface area contributed by atoms with Gasteiger partial charge >= 0.3 is 0 Å². The van der Waals surface area contributed by atoms with Crippen molar-refractivity contribution in [2.45, 2.75) is 12.5 Å². The first kappa shape index (κ1) is 14.9. The van der Waals surface area contributed by atoms with Crippen LogP contribution >= 0.6 is 27.5 Å². The molecule has 1 N–H and O–H groups in total. The molecule has 0 aromatic heterocycles. The molecule has 1 fully saturated rings. The Morgan fingerprint density at radius 3 is 2.71 bits per heavy atom. The highest BCUT2D eigenvalue weighted by atomic mass is 79.9. The standard InChI is InChI=1S/C17H18BrClN2/c18-15-11-14(7-8-16(15)19)21-10-4-9-20-17(12-21)13-5-2-1-3-6-13/h1-3,5-8,11,17,20H,4,9-10,12H2. The van der Waals surface area contributed by atoms with Gasteiger partial charge in [0.15, 0.2) is 0 Å². The summed E-state index contributed by atoms with van der Waals surface area (Å²) in [5.74, 6) is 0. The number of hydrogen-bond acceptors (Lipinski definition) is 2. The summed E-state index contributed by atoms with van der Waals surface area (Å²) in [6.45, 7) is 3.08. The summed E-state index contributed by atoms with van der Waals surface area (Å²) in [7, 11) is 0. The molecule has 1 unspecified atom stereocenters. The van der Waals surface area contributed by atoms with Gasteiger partial charge < -0.3 is 10.2 Å². The van der Waals surface area contributed by atoms with E-state index in [1.807, 2.05) is 6.07 Å². The van der Waals surface area contributed by atoms with E-state index in [0.29, 0.717) is 6.04 Å². The average Bonchev–Trinajstić information content (AvgIpc) is 2.77. The molecule has 3 rings (SSSR count). The second-order valence-electron chi connectivity index (χ2n) is 5.32. The monoisotopic (exact) mass is 364 g/mol. The number of halogens is 2. The van der Waals surface area contributed by atoms with Crippen LogP contribution in [-0.2, 0) is 0 Å². The number of nitrogens with zero attached hydrogens (tertiary/aromatic N) is 1. The van der Waals surface area contributed by atoms with Gasteiger partial charge in [0.05, 0.1) is 5.02 Å². The second kappa shape index (κ2) is 6.82. The molecule has 2 aromatic carbocycles. The molecule has 0 aliphatic carbocycles. The molecule has 0 amide bonds. The van der Waals surface area contributed by atoms with Gasteiger partial charge in [-0.2, -0.15) is 0 Å². The molecule has 1 saturated heterocycles. The summed E-state index contributed by atoms with van der Waals surface area (Å²) in [6, 6.07) is 17.2. The number of anilines is 1. The highest BCUT2D eigenvalue weighted by molar-refractivity contribution is 9.10. The predicted octanol–water partition coefficient (Wildman–Crippen LogP) is 4.64. The van der Waals surface area contributed by atoms with Crippen molar-refractivity contribution in [2.75, 3.05) is 24.5 Å². The Hall–Kier alpha value is -1.03. The molecule has 0 radical (unpaired) electrons. The van der Waals surface area contributed by atoms with Gasteiger partial charge in [-0.3, -0.25) is 0 Å². The predicted molar refractivity (Wildman–Crippen MR) is 93.2 cm³/mol. The maximum absolute atomic E-state index is 6.10. The van der Waals surface area contributed by atoms with Crippen LogP contribution in [0.4, 0.5) is 5.69 Å². The molecule has 2 nitrogen and oxygen atoms in total. The molecule has 1 heterocycles. The van der Waals surface area contributed by atoms with Gasteiger partial charge in [0.25, 0.3) is 0 Å². The third kappa shape index (κ3) is 3.60. The molecular weight excluding hydrogens is 348 g/mol. The van der Waals surface area contributed by atoms with E-state index >= 15 is 0 Å². The van der Waals surface area contributed by atoms with Crippen molar-refractivity contribution in [3.63, 3.8) is 0 Å². The minimum Gasteiger partial charge on any atom is -0.370 e. The number of nitrogens with one attached hydrogen (secondary N) is 1. The van der Waals surface area contributed by atoms with Gasteiger partial charge in [0.1, 0.15) is 0 Å². The maximum Gasteiger partial charge on any atom is 0.0549 e. The van der Waals surface area contributed by atoms with E-state index < -0.39 is 0 Å². The molecule has 0 saturated carbocycles. The minimum absolute atomic E-state index is 0.364. The first-order valence-electron chi connectivity index (χ1n) is 7.22. The summed E-state index contributed by atoms with van der Waals surface area (Å²) in [4.78, 5) is 2.43. The van der Waals surface area contributed by atoms with Crippen molar-refractivity contribution >= 4 is 33.2 Å². The minimum atomic E-state index is 0.364. The first-order valence-corrected chi connectivity index (χ1v) is 8.39. The van der Waals surface area contributed by atoms with E-state index in [2.05, 4.69) is 68.6 Å². The maximum atomic E-state index is 6.10. The van der Waals surface area contributed by atoms with E-state index in [1.165, 1.54) is 11.3 Å². The fourth-order valence-corrected chi connectivity index (χ4v) is 3.23. The summed E-state index contributed by atoms with van der Waals surface area (Å²) in [5, 5.41) is 4.40. The van der Waals surface area contributed by atoms with Crippen molar-refractivity contribution < 1.29 is 0 Å². The largest absolute Gasteiger partial charge is 0.370 e. The SMILES string of the molecule is Clc1ccc(N2CCCNC(c3ccccc3)C2)cc1Br. The van der Waals surface area contributed by atoms with E-state index in [9.17, 15) is 0 Å². The molecular formula is C17H18BrClN2.